The summed E-state index contributed by atoms with van der Waals surface area (Å²) in [6, 6.07) is 50.6. The summed E-state index contributed by atoms with van der Waals surface area (Å²) in [5.74, 6) is 0. The van der Waals surface area contributed by atoms with Crippen LogP contribution in [0.5, 0.6) is 0 Å². The maximum absolute atomic E-state index is 5.26. The molecule has 50 heavy (non-hydrogen) atoms. The van der Waals surface area contributed by atoms with Gasteiger partial charge >= 0.3 is 0 Å². The number of aromatic nitrogens is 1. The second kappa shape index (κ2) is 14.5. The predicted octanol–water partition coefficient (Wildman–Crippen LogP) is 13.4. The zero-order valence-electron chi connectivity index (χ0n) is 29.4. The molecule has 1 aliphatic rings. The first-order valence-electron chi connectivity index (χ1n) is 18.2. The molecule has 0 N–H and O–H groups in total. The Bertz CT molecular complexity index is 2300. The molecule has 0 saturated heterocycles. The third-order valence-corrected chi connectivity index (χ3v) is 10.7. The zero-order valence-corrected chi connectivity index (χ0v) is 31.7. The maximum Gasteiger partial charge on any atom is 0.0602 e. The molecular weight excluding hydrogens is 783 g/mol. The second-order valence-corrected chi connectivity index (χ2v) is 14.4. The van der Waals surface area contributed by atoms with E-state index in [0.29, 0.717) is 0 Å². The molecule has 0 atom stereocenters. The summed E-state index contributed by atoms with van der Waals surface area (Å²) in [4.78, 5) is 5.26. The molecule has 1 aliphatic carbocycles. The third-order valence-electron chi connectivity index (χ3n) is 10.7. The van der Waals surface area contributed by atoms with Gasteiger partial charge in [0.2, 0.25) is 0 Å². The molecule has 0 fully saturated rings. The number of pyridine rings is 1. The first-order chi connectivity index (χ1) is 24.0. The summed E-state index contributed by atoms with van der Waals surface area (Å²) in [5, 5.41) is 3.77. The molecule has 0 unspecified atom stereocenters. The molecule has 8 rings (SSSR count). The van der Waals surface area contributed by atoms with Crippen molar-refractivity contribution < 1.29 is 20.1 Å². The van der Waals surface area contributed by atoms with Gasteiger partial charge in [0.25, 0.3) is 0 Å². The average molecular weight is 827 g/mol. The van der Waals surface area contributed by atoms with Crippen LogP contribution in [-0.2, 0) is 31.9 Å². The summed E-state index contributed by atoms with van der Waals surface area (Å²) in [7, 11) is 0. The van der Waals surface area contributed by atoms with Crippen molar-refractivity contribution in [1.29, 1.82) is 0 Å². The quantitative estimate of drug-likeness (QED) is 0.0989. The number of unbranched alkanes of at least 4 members (excludes halogenated alkanes) is 5. The van der Waals surface area contributed by atoms with E-state index >= 15 is 0 Å². The monoisotopic (exact) mass is 827 g/mol. The van der Waals surface area contributed by atoms with Crippen molar-refractivity contribution in [1.82, 2.24) is 4.98 Å². The van der Waals surface area contributed by atoms with Crippen molar-refractivity contribution in [2.45, 2.75) is 71.1 Å². The number of fused-ring (bicyclic) bond motifs is 5. The van der Waals surface area contributed by atoms with Gasteiger partial charge < -0.3 is 0 Å². The molecule has 251 valence electrons. The minimum absolute atomic E-state index is 0. The van der Waals surface area contributed by atoms with Crippen LogP contribution in [0.4, 0.5) is 0 Å². The van der Waals surface area contributed by atoms with E-state index in [4.69, 9.17) is 4.98 Å². The molecule has 0 bridgehead atoms. The number of aryl methyl sites for hydroxylation is 1. The van der Waals surface area contributed by atoms with Crippen LogP contribution >= 0.6 is 0 Å². The van der Waals surface area contributed by atoms with Crippen molar-refractivity contribution in [3.8, 4) is 44.6 Å². The van der Waals surface area contributed by atoms with E-state index in [2.05, 4.69) is 154 Å². The molecule has 7 aromatic rings. The Labute approximate surface area is 311 Å². The summed E-state index contributed by atoms with van der Waals surface area (Å²) in [6.07, 6.45) is 9.18. The Hall–Kier alpha value is -4.36. The fourth-order valence-electron chi connectivity index (χ4n) is 7.93. The van der Waals surface area contributed by atoms with Crippen LogP contribution in [0.25, 0.3) is 66.3 Å². The predicted molar refractivity (Wildman–Crippen MR) is 209 cm³/mol. The van der Waals surface area contributed by atoms with Crippen LogP contribution in [0.2, 0.25) is 0 Å². The summed E-state index contributed by atoms with van der Waals surface area (Å²) < 4.78 is 0. The van der Waals surface area contributed by atoms with Crippen LogP contribution in [-0.4, -0.2) is 4.98 Å². The summed E-state index contributed by atoms with van der Waals surface area (Å²) in [6.45, 7) is 6.94. The van der Waals surface area contributed by atoms with Gasteiger partial charge in [-0.2, -0.15) is 0 Å². The largest absolute Gasteiger partial charge is 0.296 e. The number of rotatable bonds is 10. The van der Waals surface area contributed by atoms with Crippen LogP contribution in [0, 0.1) is 6.07 Å². The minimum Gasteiger partial charge on any atom is -0.296 e. The Morgan fingerprint density at radius 2 is 1.30 bits per heavy atom. The van der Waals surface area contributed by atoms with Gasteiger partial charge in [0.1, 0.15) is 0 Å². The van der Waals surface area contributed by atoms with Gasteiger partial charge in [-0.1, -0.05) is 161 Å². The maximum atomic E-state index is 5.26. The topological polar surface area (TPSA) is 12.9 Å². The molecule has 6 aromatic carbocycles. The number of hydrogen-bond donors (Lipinski definition) is 0. The van der Waals surface area contributed by atoms with Crippen LogP contribution in [0.1, 0.15) is 76.0 Å². The van der Waals surface area contributed by atoms with Gasteiger partial charge in [-0.3, -0.25) is 4.98 Å². The fourth-order valence-corrected chi connectivity index (χ4v) is 7.93. The van der Waals surface area contributed by atoms with Gasteiger partial charge in [-0.15, -0.1) is 29.3 Å². The Morgan fingerprint density at radius 3 is 2.16 bits per heavy atom. The van der Waals surface area contributed by atoms with Crippen molar-refractivity contribution in [3.05, 3.63) is 150 Å². The van der Waals surface area contributed by atoms with Gasteiger partial charge in [-0.05, 0) is 86.3 Å². The van der Waals surface area contributed by atoms with Crippen molar-refractivity contribution in [3.63, 3.8) is 0 Å². The Balaban J connectivity index is 0.00000392. The van der Waals surface area contributed by atoms with Crippen molar-refractivity contribution >= 4 is 21.7 Å². The van der Waals surface area contributed by atoms with E-state index < -0.39 is 0 Å². The molecule has 0 saturated carbocycles. The van der Waals surface area contributed by atoms with Gasteiger partial charge in [0, 0.05) is 25.5 Å². The van der Waals surface area contributed by atoms with Gasteiger partial charge in [0.05, 0.1) is 5.52 Å². The standard InChI is InChI=1S/C48H44N.Ir/c1-4-5-6-7-8-10-15-33-20-21-36-29-37(23-22-35(36)28-33)38-25-27-46-43(30-38)42(34-16-11-9-12-17-34)32-47(49-46)39-24-26-41-40-18-13-14-19-44(40)48(2,3)45(41)31-39;/h9,11-14,16-23,25-32H,4-8,10,15H2,1-3H3;/q-1;. The van der Waals surface area contributed by atoms with Crippen LogP contribution in [0.3, 0.4) is 0 Å². The summed E-state index contributed by atoms with van der Waals surface area (Å²) in [5.41, 5.74) is 14.5. The molecule has 1 nitrogen and oxygen atoms in total. The third kappa shape index (κ3) is 6.48. The van der Waals surface area contributed by atoms with E-state index in [1.54, 1.807) is 0 Å². The number of benzene rings is 6. The number of hydrogen-bond acceptors (Lipinski definition) is 1. The normalized spacial score (nSPS) is 12.9. The molecular formula is C48H44IrN-. The van der Waals surface area contributed by atoms with E-state index in [1.165, 1.54) is 106 Å². The second-order valence-electron chi connectivity index (χ2n) is 14.4. The van der Waals surface area contributed by atoms with Crippen LogP contribution in [0.15, 0.2) is 127 Å². The minimum atomic E-state index is -0.0703. The summed E-state index contributed by atoms with van der Waals surface area (Å²) >= 11 is 0. The average Bonchev–Trinajstić information content (AvgIpc) is 3.38. The first kappa shape index (κ1) is 34.1. The van der Waals surface area contributed by atoms with E-state index in [0.717, 1.165) is 22.2 Å². The van der Waals surface area contributed by atoms with E-state index in [9.17, 15) is 0 Å². The number of nitrogens with zero attached hydrogens (tertiary/aromatic N) is 1. The SMILES string of the molecule is CCCCCCCCc1ccc2cc(-c3ccc4nc(-c5[c-]cc6c(c5)C(C)(C)c5ccccc5-6)cc(-c5ccccc5)c4c3)ccc2c1.[Ir]. The Morgan fingerprint density at radius 1 is 0.580 bits per heavy atom. The molecule has 1 heterocycles. The Kier molecular flexibility index (Phi) is 9.87. The molecule has 1 aromatic heterocycles. The zero-order chi connectivity index (χ0) is 33.4. The molecule has 2 heteroatoms. The van der Waals surface area contributed by atoms with Gasteiger partial charge in [0.15, 0.2) is 0 Å². The molecule has 1 radical (unpaired) electrons. The molecule has 0 aliphatic heterocycles. The van der Waals surface area contributed by atoms with Crippen molar-refractivity contribution in [2.24, 2.45) is 0 Å². The van der Waals surface area contributed by atoms with Crippen LogP contribution < -0.4 is 0 Å². The fraction of sp³-hybridized carbons (Fsp3) is 0.229. The van der Waals surface area contributed by atoms with E-state index in [1.807, 2.05) is 0 Å². The molecule has 0 amide bonds. The van der Waals surface area contributed by atoms with E-state index in [-0.39, 0.29) is 25.5 Å². The van der Waals surface area contributed by atoms with Crippen molar-refractivity contribution in [2.75, 3.05) is 0 Å². The smallest absolute Gasteiger partial charge is 0.0602 e. The first-order valence-corrected chi connectivity index (χ1v) is 18.2. The molecule has 0 spiro atoms. The van der Waals surface area contributed by atoms with Gasteiger partial charge in [-0.25, -0.2) is 0 Å².